The van der Waals surface area contributed by atoms with Crippen molar-refractivity contribution >= 4 is 0 Å². The first-order chi connectivity index (χ1) is 9.24. The number of aromatic nitrogens is 1. The van der Waals surface area contributed by atoms with E-state index < -0.39 is 0 Å². The molecule has 0 aromatic carbocycles. The summed E-state index contributed by atoms with van der Waals surface area (Å²) in [6.45, 7) is 8.73. The number of nitrogens with zero attached hydrogens (tertiary/aromatic N) is 2. The normalized spacial score (nSPS) is 17.4. The second-order valence-corrected chi connectivity index (χ2v) is 5.56. The van der Waals surface area contributed by atoms with Crippen LogP contribution in [0.1, 0.15) is 32.4 Å². The van der Waals surface area contributed by atoms with E-state index in [1.165, 1.54) is 31.5 Å². The van der Waals surface area contributed by atoms with Crippen molar-refractivity contribution in [2.75, 3.05) is 19.6 Å². The second-order valence-electron chi connectivity index (χ2n) is 5.56. The fourth-order valence-electron chi connectivity index (χ4n) is 2.38. The van der Waals surface area contributed by atoms with E-state index in [0.29, 0.717) is 6.04 Å². The highest BCUT2D eigenvalue weighted by molar-refractivity contribution is 5.03. The van der Waals surface area contributed by atoms with Gasteiger partial charge in [-0.2, -0.15) is 0 Å². The molecule has 0 saturated carbocycles. The van der Waals surface area contributed by atoms with Crippen LogP contribution in [0.3, 0.4) is 0 Å². The number of allylic oxidation sites excluding steroid dienone is 1. The summed E-state index contributed by atoms with van der Waals surface area (Å²) >= 11 is 0. The Balaban J connectivity index is 1.68. The third-order valence-electron chi connectivity index (χ3n) is 3.64. The smallest absolute Gasteiger partial charge is 0.0541 e. The molecule has 1 fully saturated rings. The summed E-state index contributed by atoms with van der Waals surface area (Å²) in [7, 11) is 0. The molecular formula is C16H25N3. The van der Waals surface area contributed by atoms with Gasteiger partial charge in [-0.05, 0) is 51.9 Å². The third-order valence-corrected chi connectivity index (χ3v) is 3.64. The van der Waals surface area contributed by atoms with Crippen LogP contribution in [0.4, 0.5) is 0 Å². The van der Waals surface area contributed by atoms with Crippen LogP contribution in [-0.4, -0.2) is 35.6 Å². The first kappa shape index (κ1) is 14.2. The number of piperidine rings is 1. The highest BCUT2D eigenvalue weighted by Gasteiger charge is 2.17. The zero-order chi connectivity index (χ0) is 13.5. The van der Waals surface area contributed by atoms with Gasteiger partial charge < -0.3 is 5.32 Å². The molecule has 0 bridgehead atoms. The Kier molecular flexibility index (Phi) is 5.55. The summed E-state index contributed by atoms with van der Waals surface area (Å²) in [5.41, 5.74) is 2.55. The molecule has 3 heteroatoms. The molecule has 0 atom stereocenters. The van der Waals surface area contributed by atoms with Gasteiger partial charge in [-0.1, -0.05) is 17.7 Å². The van der Waals surface area contributed by atoms with Crippen LogP contribution in [0.2, 0.25) is 0 Å². The Labute approximate surface area is 116 Å². The molecule has 1 aliphatic rings. The summed E-state index contributed by atoms with van der Waals surface area (Å²) in [6.07, 6.45) is 6.66. The summed E-state index contributed by atoms with van der Waals surface area (Å²) in [5, 5.41) is 3.62. The lowest BCUT2D eigenvalue weighted by Crippen LogP contribution is -2.42. The van der Waals surface area contributed by atoms with E-state index in [9.17, 15) is 0 Å². The van der Waals surface area contributed by atoms with Gasteiger partial charge in [0.15, 0.2) is 0 Å². The van der Waals surface area contributed by atoms with Crippen molar-refractivity contribution in [3.63, 3.8) is 0 Å². The molecule has 2 heterocycles. The van der Waals surface area contributed by atoms with Gasteiger partial charge in [0, 0.05) is 25.3 Å². The Morgan fingerprint density at radius 3 is 2.79 bits per heavy atom. The van der Waals surface area contributed by atoms with Crippen molar-refractivity contribution in [2.24, 2.45) is 0 Å². The average molecular weight is 259 g/mol. The molecule has 0 amide bonds. The lowest BCUT2D eigenvalue weighted by atomic mass is 10.0. The molecule has 3 nitrogen and oxygen atoms in total. The molecular weight excluding hydrogens is 234 g/mol. The maximum absolute atomic E-state index is 4.35. The van der Waals surface area contributed by atoms with E-state index in [-0.39, 0.29) is 0 Å². The van der Waals surface area contributed by atoms with E-state index in [1.807, 2.05) is 18.3 Å². The summed E-state index contributed by atoms with van der Waals surface area (Å²) in [6, 6.07) is 6.73. The molecule has 1 saturated heterocycles. The molecule has 1 aliphatic heterocycles. The number of pyridine rings is 1. The van der Waals surface area contributed by atoms with Crippen molar-refractivity contribution in [1.29, 1.82) is 0 Å². The van der Waals surface area contributed by atoms with Crippen LogP contribution in [0, 0.1) is 0 Å². The summed E-state index contributed by atoms with van der Waals surface area (Å²) in [5.74, 6) is 0. The fourth-order valence-corrected chi connectivity index (χ4v) is 2.38. The molecule has 0 radical (unpaired) electrons. The summed E-state index contributed by atoms with van der Waals surface area (Å²) in [4.78, 5) is 6.88. The predicted molar refractivity (Wildman–Crippen MR) is 80.0 cm³/mol. The molecule has 0 unspecified atom stereocenters. The standard InChI is InChI=1S/C16H25N3/c1-14(2)6-10-19-11-7-15(8-12-19)18-13-16-5-3-4-9-17-16/h3-6,9,15,18H,7-8,10-13H2,1-2H3. The quantitative estimate of drug-likeness (QED) is 0.824. The number of hydrogen-bond donors (Lipinski definition) is 1. The highest BCUT2D eigenvalue weighted by Crippen LogP contribution is 2.11. The van der Waals surface area contributed by atoms with E-state index in [1.54, 1.807) is 0 Å². The molecule has 0 spiro atoms. The zero-order valence-corrected chi connectivity index (χ0v) is 12.1. The Morgan fingerprint density at radius 2 is 2.16 bits per heavy atom. The SMILES string of the molecule is CC(C)=CCN1CCC(NCc2ccccn2)CC1. The Morgan fingerprint density at radius 1 is 1.37 bits per heavy atom. The van der Waals surface area contributed by atoms with Gasteiger partial charge in [-0.15, -0.1) is 0 Å². The van der Waals surface area contributed by atoms with Crippen LogP contribution < -0.4 is 5.32 Å². The maximum atomic E-state index is 4.35. The average Bonchev–Trinajstić information content (AvgIpc) is 2.45. The van der Waals surface area contributed by atoms with Crippen molar-refractivity contribution in [3.8, 4) is 0 Å². The lowest BCUT2D eigenvalue weighted by Gasteiger charge is -2.31. The van der Waals surface area contributed by atoms with Crippen LogP contribution in [0.5, 0.6) is 0 Å². The number of likely N-dealkylation sites (tertiary alicyclic amines) is 1. The molecule has 19 heavy (non-hydrogen) atoms. The highest BCUT2D eigenvalue weighted by atomic mass is 15.1. The van der Waals surface area contributed by atoms with Gasteiger partial charge in [0.25, 0.3) is 0 Å². The van der Waals surface area contributed by atoms with Crippen molar-refractivity contribution < 1.29 is 0 Å². The minimum Gasteiger partial charge on any atom is -0.308 e. The monoisotopic (exact) mass is 259 g/mol. The van der Waals surface area contributed by atoms with E-state index in [0.717, 1.165) is 18.8 Å². The van der Waals surface area contributed by atoms with Crippen molar-refractivity contribution in [3.05, 3.63) is 41.7 Å². The molecule has 2 rings (SSSR count). The van der Waals surface area contributed by atoms with E-state index in [2.05, 4.69) is 41.2 Å². The largest absolute Gasteiger partial charge is 0.308 e. The zero-order valence-electron chi connectivity index (χ0n) is 12.1. The van der Waals surface area contributed by atoms with Crippen molar-refractivity contribution in [1.82, 2.24) is 15.2 Å². The van der Waals surface area contributed by atoms with Crippen LogP contribution in [0.15, 0.2) is 36.0 Å². The Bertz CT molecular complexity index is 388. The molecule has 1 aromatic heterocycles. The molecule has 104 valence electrons. The van der Waals surface area contributed by atoms with Crippen LogP contribution in [-0.2, 0) is 6.54 Å². The first-order valence-corrected chi connectivity index (χ1v) is 7.23. The number of hydrogen-bond acceptors (Lipinski definition) is 3. The second kappa shape index (κ2) is 7.41. The van der Waals surface area contributed by atoms with Crippen LogP contribution >= 0.6 is 0 Å². The van der Waals surface area contributed by atoms with Gasteiger partial charge in [-0.25, -0.2) is 0 Å². The van der Waals surface area contributed by atoms with Gasteiger partial charge in [-0.3, -0.25) is 9.88 Å². The summed E-state index contributed by atoms with van der Waals surface area (Å²) < 4.78 is 0. The Hall–Kier alpha value is -1.19. The van der Waals surface area contributed by atoms with Crippen molar-refractivity contribution in [2.45, 2.75) is 39.3 Å². The van der Waals surface area contributed by atoms with Gasteiger partial charge in [0.05, 0.1) is 5.69 Å². The minimum absolute atomic E-state index is 0.643. The minimum atomic E-state index is 0.643. The van der Waals surface area contributed by atoms with Gasteiger partial charge >= 0.3 is 0 Å². The molecule has 0 aliphatic carbocycles. The predicted octanol–water partition coefficient (Wildman–Crippen LogP) is 2.60. The van der Waals surface area contributed by atoms with Crippen LogP contribution in [0.25, 0.3) is 0 Å². The number of nitrogens with one attached hydrogen (secondary N) is 1. The first-order valence-electron chi connectivity index (χ1n) is 7.23. The third kappa shape index (κ3) is 5.13. The number of rotatable bonds is 5. The van der Waals surface area contributed by atoms with Gasteiger partial charge in [0.1, 0.15) is 0 Å². The van der Waals surface area contributed by atoms with E-state index >= 15 is 0 Å². The molecule has 1 aromatic rings. The maximum Gasteiger partial charge on any atom is 0.0541 e. The lowest BCUT2D eigenvalue weighted by molar-refractivity contribution is 0.214. The van der Waals surface area contributed by atoms with Gasteiger partial charge in [0.2, 0.25) is 0 Å². The van der Waals surface area contributed by atoms with E-state index in [4.69, 9.17) is 0 Å². The topological polar surface area (TPSA) is 28.2 Å². The molecule has 1 N–H and O–H groups in total. The fraction of sp³-hybridized carbons (Fsp3) is 0.562.